The van der Waals surface area contributed by atoms with Crippen LogP contribution in [-0.4, -0.2) is 0 Å². The van der Waals surface area contributed by atoms with Crippen LogP contribution in [0, 0.1) is 6.92 Å². The van der Waals surface area contributed by atoms with E-state index in [0.29, 0.717) is 0 Å². The summed E-state index contributed by atoms with van der Waals surface area (Å²) in [6.45, 7) is 8.91. The molecule has 0 unspecified atom stereocenters. The van der Waals surface area contributed by atoms with Gasteiger partial charge < -0.3 is 4.42 Å². The lowest BCUT2D eigenvalue weighted by Crippen LogP contribution is -2.32. The highest BCUT2D eigenvalue weighted by molar-refractivity contribution is 5.71. The topological polar surface area (TPSA) is 20.9 Å². The first-order valence-corrected chi connectivity index (χ1v) is 8.32. The highest BCUT2D eigenvalue weighted by Gasteiger charge is 2.23. The highest BCUT2D eigenvalue weighted by Crippen LogP contribution is 2.31. The van der Waals surface area contributed by atoms with E-state index >= 15 is 0 Å². The maximum atomic E-state index is 5.69. The molecule has 3 aromatic rings. The summed E-state index contributed by atoms with van der Waals surface area (Å²) in [6, 6.07) is 10.9. The Balaban J connectivity index is 2.20. The van der Waals surface area contributed by atoms with E-state index in [-0.39, 0.29) is 5.41 Å². The van der Waals surface area contributed by atoms with Gasteiger partial charge in [-0.2, -0.15) is 4.57 Å². The van der Waals surface area contributed by atoms with Gasteiger partial charge in [0, 0.05) is 12.1 Å². The average molecular weight is 322 g/mol. The van der Waals surface area contributed by atoms with E-state index in [9.17, 15) is 0 Å². The highest BCUT2D eigenvalue weighted by atomic mass is 16.3. The summed E-state index contributed by atoms with van der Waals surface area (Å²) >= 11 is 0. The van der Waals surface area contributed by atoms with Crippen molar-refractivity contribution in [1.29, 1.82) is 0 Å². The molecule has 0 saturated carbocycles. The third-order valence-corrected chi connectivity index (χ3v) is 4.64. The van der Waals surface area contributed by atoms with Crippen LogP contribution in [0.3, 0.4) is 0 Å². The first-order valence-electron chi connectivity index (χ1n) is 8.32. The molecule has 0 saturated heterocycles. The van der Waals surface area contributed by atoms with Crippen molar-refractivity contribution in [2.45, 2.75) is 33.1 Å². The molecule has 24 heavy (non-hydrogen) atoms. The molecular weight excluding hydrogens is 296 g/mol. The molecule has 3 rings (SSSR count). The number of benzene rings is 1. The van der Waals surface area contributed by atoms with Crippen molar-refractivity contribution in [3.8, 4) is 22.7 Å². The van der Waals surface area contributed by atoms with Gasteiger partial charge in [-0.3, -0.25) is 0 Å². The minimum absolute atomic E-state index is 0.127. The zero-order valence-electron chi connectivity index (χ0n) is 15.4. The molecule has 0 amide bonds. The van der Waals surface area contributed by atoms with Crippen LogP contribution in [-0.2, 0) is 19.5 Å². The summed E-state index contributed by atoms with van der Waals surface area (Å²) in [4.78, 5) is 0. The number of aromatic nitrogens is 2. The van der Waals surface area contributed by atoms with E-state index in [0.717, 1.165) is 11.5 Å². The van der Waals surface area contributed by atoms with Gasteiger partial charge in [0.15, 0.2) is 12.5 Å². The molecule has 0 radical (unpaired) electrons. The predicted molar refractivity (Wildman–Crippen MR) is 95.4 cm³/mol. The lowest BCUT2D eigenvalue weighted by Gasteiger charge is -2.19. The predicted octanol–water partition coefficient (Wildman–Crippen LogP) is 3.87. The minimum Gasteiger partial charge on any atom is -0.406 e. The van der Waals surface area contributed by atoms with Crippen LogP contribution in [0.5, 0.6) is 0 Å². The van der Waals surface area contributed by atoms with Crippen LogP contribution in [0.4, 0.5) is 0 Å². The van der Waals surface area contributed by atoms with Crippen molar-refractivity contribution in [3.05, 3.63) is 60.1 Å². The molecule has 0 bridgehead atoms. The monoisotopic (exact) mass is 322 g/mol. The van der Waals surface area contributed by atoms with Crippen LogP contribution in [0.2, 0.25) is 0 Å². The van der Waals surface area contributed by atoms with Gasteiger partial charge in [0.1, 0.15) is 14.1 Å². The summed E-state index contributed by atoms with van der Waals surface area (Å²) in [5, 5.41) is 0. The molecule has 0 spiro atoms. The Bertz CT molecular complexity index is 885. The molecule has 2 heterocycles. The maximum Gasteiger partial charge on any atom is 0.380 e. The van der Waals surface area contributed by atoms with Crippen LogP contribution in [0.15, 0.2) is 53.4 Å². The van der Waals surface area contributed by atoms with Crippen LogP contribution in [0.25, 0.3) is 22.7 Å². The molecule has 3 nitrogen and oxygen atoms in total. The first kappa shape index (κ1) is 16.4. The zero-order chi connectivity index (χ0) is 17.5. The van der Waals surface area contributed by atoms with Gasteiger partial charge in [-0.05, 0) is 35.6 Å². The Labute approximate surface area is 144 Å². The van der Waals surface area contributed by atoms with Gasteiger partial charge in [0.2, 0.25) is 11.9 Å². The molecule has 1 aromatic carbocycles. The fraction of sp³-hybridized carbons (Fsp3) is 0.333. The lowest BCUT2D eigenvalue weighted by molar-refractivity contribution is -0.662. The largest absolute Gasteiger partial charge is 0.406 e. The molecule has 0 aliphatic heterocycles. The first-order chi connectivity index (χ1) is 11.3. The second-order valence-corrected chi connectivity index (χ2v) is 7.46. The summed E-state index contributed by atoms with van der Waals surface area (Å²) < 4.78 is 9.88. The molecule has 0 aliphatic rings. The van der Waals surface area contributed by atoms with E-state index in [2.05, 4.69) is 75.8 Å². The molecule has 0 N–H and O–H groups in total. The Morgan fingerprint density at radius 2 is 1.62 bits per heavy atom. The number of hydrogen-bond donors (Lipinski definition) is 0. The van der Waals surface area contributed by atoms with Crippen LogP contribution >= 0.6 is 0 Å². The number of pyridine rings is 1. The van der Waals surface area contributed by atoms with E-state index in [1.807, 2.05) is 17.8 Å². The van der Waals surface area contributed by atoms with E-state index in [1.165, 1.54) is 22.4 Å². The summed E-state index contributed by atoms with van der Waals surface area (Å²) in [6.07, 6.45) is 5.80. The molecular formula is C21H26N2O+2. The zero-order valence-corrected chi connectivity index (χ0v) is 15.4. The Morgan fingerprint density at radius 1 is 0.917 bits per heavy atom. The van der Waals surface area contributed by atoms with Gasteiger partial charge in [0.05, 0.1) is 11.1 Å². The van der Waals surface area contributed by atoms with E-state index in [4.69, 9.17) is 4.42 Å². The third kappa shape index (κ3) is 2.86. The Morgan fingerprint density at radius 3 is 2.25 bits per heavy atom. The van der Waals surface area contributed by atoms with E-state index < -0.39 is 0 Å². The maximum absolute atomic E-state index is 5.69. The normalized spacial score (nSPS) is 11.8. The number of aryl methyl sites for hydroxylation is 2. The Kier molecular flexibility index (Phi) is 4.04. The SMILES string of the molecule is Cc1c(-c2cc(C(C)(C)C)cc[n+]2C)cccc1-c1occ[n+]1C. The van der Waals surface area contributed by atoms with Gasteiger partial charge >= 0.3 is 5.89 Å². The molecule has 2 aromatic heterocycles. The summed E-state index contributed by atoms with van der Waals surface area (Å²) in [5.41, 5.74) is 6.27. The molecule has 0 aliphatic carbocycles. The number of rotatable bonds is 2. The van der Waals surface area contributed by atoms with Crippen molar-refractivity contribution in [3.63, 3.8) is 0 Å². The fourth-order valence-corrected chi connectivity index (χ4v) is 3.04. The number of hydrogen-bond acceptors (Lipinski definition) is 1. The standard InChI is InChI=1S/C21H26N2O/c1-15-17(8-7-9-18(15)20-23(6)12-13-24-20)19-14-16(21(2,3)4)10-11-22(19)5/h7-14H,1-6H3/q+2. The van der Waals surface area contributed by atoms with Gasteiger partial charge in [-0.25, -0.2) is 4.57 Å². The molecule has 0 fully saturated rings. The smallest absolute Gasteiger partial charge is 0.380 e. The second kappa shape index (κ2) is 5.90. The average Bonchev–Trinajstić information content (AvgIpc) is 2.93. The van der Waals surface area contributed by atoms with E-state index in [1.54, 1.807) is 6.26 Å². The number of oxazole rings is 1. The molecule has 124 valence electrons. The summed E-state index contributed by atoms with van der Waals surface area (Å²) in [5.74, 6) is 0.879. The van der Waals surface area contributed by atoms with Gasteiger partial charge in [-0.1, -0.05) is 26.8 Å². The minimum atomic E-state index is 0.127. The Hall–Kier alpha value is -2.42. The second-order valence-electron chi connectivity index (χ2n) is 7.46. The number of nitrogens with zero attached hydrogens (tertiary/aromatic N) is 2. The van der Waals surface area contributed by atoms with Crippen molar-refractivity contribution in [2.75, 3.05) is 0 Å². The lowest BCUT2D eigenvalue weighted by atomic mass is 9.86. The molecule has 3 heteroatoms. The van der Waals surface area contributed by atoms with Crippen molar-refractivity contribution in [2.24, 2.45) is 14.1 Å². The fourth-order valence-electron chi connectivity index (χ4n) is 3.04. The van der Waals surface area contributed by atoms with Crippen LogP contribution < -0.4 is 9.13 Å². The van der Waals surface area contributed by atoms with Crippen LogP contribution in [0.1, 0.15) is 31.9 Å². The quantitative estimate of drug-likeness (QED) is 0.656. The van der Waals surface area contributed by atoms with Gasteiger partial charge in [-0.15, -0.1) is 0 Å². The van der Waals surface area contributed by atoms with Gasteiger partial charge in [0.25, 0.3) is 0 Å². The summed E-state index contributed by atoms with van der Waals surface area (Å²) in [7, 11) is 4.10. The van der Waals surface area contributed by atoms with Crippen molar-refractivity contribution in [1.82, 2.24) is 0 Å². The molecule has 0 atom stereocenters. The van der Waals surface area contributed by atoms with Crippen molar-refractivity contribution < 1.29 is 13.6 Å². The third-order valence-electron chi connectivity index (χ3n) is 4.64. The van der Waals surface area contributed by atoms with Crippen molar-refractivity contribution >= 4 is 0 Å².